The molecule has 1 aliphatic carbocycles. The van der Waals surface area contributed by atoms with E-state index in [1.807, 2.05) is 0 Å². The molecule has 0 spiro atoms. The first-order chi connectivity index (χ1) is 10.2. The summed E-state index contributed by atoms with van der Waals surface area (Å²) in [5.74, 6) is 0. The van der Waals surface area contributed by atoms with Crippen molar-refractivity contribution in [1.29, 1.82) is 0 Å². The molecular formula is C20H21Br. The van der Waals surface area contributed by atoms with E-state index in [9.17, 15) is 0 Å². The Hall–Kier alpha value is -1.34. The molecule has 0 fully saturated rings. The predicted octanol–water partition coefficient (Wildman–Crippen LogP) is 6.34. The van der Waals surface area contributed by atoms with Crippen molar-refractivity contribution in [2.45, 2.75) is 39.5 Å². The van der Waals surface area contributed by atoms with Crippen molar-refractivity contribution >= 4 is 22.0 Å². The average Bonchev–Trinajstić information content (AvgIpc) is 2.98. The zero-order chi connectivity index (χ0) is 14.8. The third-order valence-electron chi connectivity index (χ3n) is 4.34. The summed E-state index contributed by atoms with van der Waals surface area (Å²) in [6.07, 6.45) is 9.24. The zero-order valence-electron chi connectivity index (χ0n) is 12.7. The number of hydrogen-bond donors (Lipinski definition) is 0. The normalized spacial score (nSPS) is 12.7. The number of hydrogen-bond acceptors (Lipinski definition) is 0. The Labute approximate surface area is 136 Å². The topological polar surface area (TPSA) is 0 Å². The van der Waals surface area contributed by atoms with Gasteiger partial charge in [-0.25, -0.2) is 0 Å². The minimum atomic E-state index is 1.05. The van der Waals surface area contributed by atoms with E-state index in [1.165, 1.54) is 57.1 Å². The molecule has 0 unspecified atom stereocenters. The third-order valence-corrected chi connectivity index (χ3v) is 5.36. The first kappa shape index (κ1) is 14.6. The van der Waals surface area contributed by atoms with Crippen LogP contribution < -0.4 is 0 Å². The van der Waals surface area contributed by atoms with E-state index in [1.54, 1.807) is 0 Å². The molecule has 1 aliphatic rings. The molecule has 1 heteroatoms. The maximum atomic E-state index is 3.78. The van der Waals surface area contributed by atoms with Crippen molar-refractivity contribution in [3.8, 4) is 11.1 Å². The van der Waals surface area contributed by atoms with Gasteiger partial charge in [0, 0.05) is 4.47 Å². The number of unbranched alkanes of at least 4 members (excludes halogenated alkanes) is 1. The molecule has 0 aromatic heterocycles. The molecule has 0 atom stereocenters. The summed E-state index contributed by atoms with van der Waals surface area (Å²) in [6.45, 7) is 4.45. The lowest BCUT2D eigenvalue weighted by molar-refractivity contribution is 0.795. The molecule has 0 amide bonds. The smallest absolute Gasteiger partial charge is 0.0285 e. The summed E-state index contributed by atoms with van der Waals surface area (Å²) in [7, 11) is 0. The van der Waals surface area contributed by atoms with Crippen LogP contribution in [0.4, 0.5) is 0 Å². The average molecular weight is 341 g/mol. The molecule has 0 aliphatic heterocycles. The van der Waals surface area contributed by atoms with E-state index in [2.05, 4.69) is 72.3 Å². The molecule has 0 radical (unpaired) electrons. The van der Waals surface area contributed by atoms with Crippen LogP contribution >= 0.6 is 15.9 Å². The molecule has 2 aromatic carbocycles. The van der Waals surface area contributed by atoms with E-state index >= 15 is 0 Å². The van der Waals surface area contributed by atoms with Gasteiger partial charge in [-0.2, -0.15) is 0 Å². The summed E-state index contributed by atoms with van der Waals surface area (Å²) in [6, 6.07) is 11.5. The highest BCUT2D eigenvalue weighted by atomic mass is 79.9. The first-order valence-electron chi connectivity index (χ1n) is 7.78. The molecule has 2 aromatic rings. The minimum absolute atomic E-state index is 1.05. The number of fused-ring (bicyclic) bond motifs is 1. The van der Waals surface area contributed by atoms with Crippen LogP contribution in [-0.2, 0) is 12.8 Å². The molecule has 3 rings (SSSR count). The SMILES string of the molecule is CCCCc1ccc(-c2cc3c(c(Br)c2C)C=CC3)cc1. The Morgan fingerprint density at radius 1 is 1.14 bits per heavy atom. The van der Waals surface area contributed by atoms with E-state index < -0.39 is 0 Å². The van der Waals surface area contributed by atoms with Gasteiger partial charge in [-0.05, 0) is 81.6 Å². The fourth-order valence-electron chi connectivity index (χ4n) is 3.01. The second-order valence-corrected chi connectivity index (χ2v) is 6.64. The van der Waals surface area contributed by atoms with E-state index in [0.29, 0.717) is 0 Å². The molecular weight excluding hydrogens is 320 g/mol. The van der Waals surface area contributed by atoms with Crippen LogP contribution in [0.2, 0.25) is 0 Å². The van der Waals surface area contributed by atoms with Gasteiger partial charge in [0.25, 0.3) is 0 Å². The van der Waals surface area contributed by atoms with Crippen LogP contribution in [-0.4, -0.2) is 0 Å². The molecule has 0 bridgehead atoms. The Balaban J connectivity index is 1.96. The lowest BCUT2D eigenvalue weighted by Crippen LogP contribution is -1.93. The van der Waals surface area contributed by atoms with Crippen molar-refractivity contribution in [1.82, 2.24) is 0 Å². The van der Waals surface area contributed by atoms with Crippen LogP contribution in [0.15, 0.2) is 40.9 Å². The third kappa shape index (κ3) is 2.85. The van der Waals surface area contributed by atoms with E-state index in [-0.39, 0.29) is 0 Å². The van der Waals surface area contributed by atoms with Crippen molar-refractivity contribution < 1.29 is 0 Å². The highest BCUT2D eigenvalue weighted by molar-refractivity contribution is 9.10. The fourth-order valence-corrected chi connectivity index (χ4v) is 3.61. The first-order valence-corrected chi connectivity index (χ1v) is 8.58. The van der Waals surface area contributed by atoms with Crippen LogP contribution in [0.1, 0.15) is 42.0 Å². The van der Waals surface area contributed by atoms with Crippen LogP contribution in [0.5, 0.6) is 0 Å². The Kier molecular flexibility index (Phi) is 4.30. The number of benzene rings is 2. The molecule has 0 saturated carbocycles. The van der Waals surface area contributed by atoms with Gasteiger partial charge in [0.1, 0.15) is 0 Å². The highest BCUT2D eigenvalue weighted by Crippen LogP contribution is 2.37. The second-order valence-electron chi connectivity index (χ2n) is 5.84. The zero-order valence-corrected chi connectivity index (χ0v) is 14.3. The predicted molar refractivity (Wildman–Crippen MR) is 95.7 cm³/mol. The van der Waals surface area contributed by atoms with E-state index in [4.69, 9.17) is 0 Å². The van der Waals surface area contributed by atoms with Gasteiger partial charge < -0.3 is 0 Å². The molecule has 0 saturated heterocycles. The maximum absolute atomic E-state index is 3.78. The largest absolute Gasteiger partial charge is 0.0795 e. The summed E-state index contributed by atoms with van der Waals surface area (Å²) < 4.78 is 1.25. The standard InChI is InChI=1S/C20H21Br/c1-3-4-6-15-9-11-16(12-10-15)19-13-17-7-5-8-18(17)20(21)14(19)2/h5,8-13H,3-4,6-7H2,1-2H3. The minimum Gasteiger partial charge on any atom is -0.0795 e. The van der Waals surface area contributed by atoms with Gasteiger partial charge in [-0.15, -0.1) is 0 Å². The van der Waals surface area contributed by atoms with Crippen LogP contribution in [0, 0.1) is 6.92 Å². The Morgan fingerprint density at radius 3 is 2.62 bits per heavy atom. The van der Waals surface area contributed by atoms with Crippen molar-refractivity contribution in [3.05, 3.63) is 63.1 Å². The van der Waals surface area contributed by atoms with Gasteiger partial charge in [-0.3, -0.25) is 0 Å². The summed E-state index contributed by atoms with van der Waals surface area (Å²) >= 11 is 3.78. The number of halogens is 1. The van der Waals surface area contributed by atoms with Gasteiger partial charge in [0.05, 0.1) is 0 Å². The summed E-state index contributed by atoms with van der Waals surface area (Å²) in [4.78, 5) is 0. The number of allylic oxidation sites excluding steroid dienone is 1. The lowest BCUT2D eigenvalue weighted by atomic mass is 9.94. The summed E-state index contributed by atoms with van der Waals surface area (Å²) in [5, 5.41) is 0. The molecule has 0 N–H and O–H groups in total. The summed E-state index contributed by atoms with van der Waals surface area (Å²) in [5.41, 5.74) is 8.24. The Morgan fingerprint density at radius 2 is 1.90 bits per heavy atom. The van der Waals surface area contributed by atoms with E-state index in [0.717, 1.165) is 6.42 Å². The van der Waals surface area contributed by atoms with Crippen molar-refractivity contribution in [2.75, 3.05) is 0 Å². The molecule has 108 valence electrons. The number of rotatable bonds is 4. The van der Waals surface area contributed by atoms with Crippen LogP contribution in [0.25, 0.3) is 17.2 Å². The number of aryl methyl sites for hydroxylation is 1. The monoisotopic (exact) mass is 340 g/mol. The van der Waals surface area contributed by atoms with Crippen LogP contribution in [0.3, 0.4) is 0 Å². The molecule has 0 heterocycles. The molecule has 21 heavy (non-hydrogen) atoms. The molecule has 0 nitrogen and oxygen atoms in total. The van der Waals surface area contributed by atoms with Gasteiger partial charge >= 0.3 is 0 Å². The quantitative estimate of drug-likeness (QED) is 0.609. The van der Waals surface area contributed by atoms with Gasteiger partial charge in [0.2, 0.25) is 0 Å². The second kappa shape index (κ2) is 6.19. The maximum Gasteiger partial charge on any atom is 0.0285 e. The highest BCUT2D eigenvalue weighted by Gasteiger charge is 2.15. The fraction of sp³-hybridized carbons (Fsp3) is 0.300. The van der Waals surface area contributed by atoms with Gasteiger partial charge in [-0.1, -0.05) is 49.8 Å². The lowest BCUT2D eigenvalue weighted by Gasteiger charge is -2.13. The van der Waals surface area contributed by atoms with Crippen molar-refractivity contribution in [2.24, 2.45) is 0 Å². The van der Waals surface area contributed by atoms with Gasteiger partial charge in [0.15, 0.2) is 0 Å². The Bertz CT molecular complexity index is 678. The van der Waals surface area contributed by atoms with Crippen molar-refractivity contribution in [3.63, 3.8) is 0 Å².